The van der Waals surface area contributed by atoms with Crippen LogP contribution in [0.3, 0.4) is 0 Å². The third kappa shape index (κ3) is 2.22. The minimum absolute atomic E-state index is 0.0489. The van der Waals surface area contributed by atoms with Gasteiger partial charge in [-0.2, -0.15) is 0 Å². The molecule has 2 N–H and O–H groups in total. The summed E-state index contributed by atoms with van der Waals surface area (Å²) in [6, 6.07) is 0. The van der Waals surface area contributed by atoms with Gasteiger partial charge in [0.2, 0.25) is 0 Å². The van der Waals surface area contributed by atoms with E-state index in [0.29, 0.717) is 13.2 Å². The van der Waals surface area contributed by atoms with E-state index in [1.165, 1.54) is 0 Å². The molecule has 60 valence electrons. The van der Waals surface area contributed by atoms with Crippen molar-refractivity contribution in [3.05, 3.63) is 0 Å². The Kier molecular flexibility index (Phi) is 3.08. The van der Waals surface area contributed by atoms with E-state index in [4.69, 9.17) is 19.7 Å². The van der Waals surface area contributed by atoms with Crippen molar-refractivity contribution in [3.63, 3.8) is 0 Å². The van der Waals surface area contributed by atoms with Crippen LogP contribution in [-0.4, -0.2) is 48.8 Å². The topological polar surface area (TPSA) is 58.9 Å². The Hall–Kier alpha value is -0.160. The van der Waals surface area contributed by atoms with Gasteiger partial charge in [-0.25, -0.2) is 0 Å². The van der Waals surface area contributed by atoms with Gasteiger partial charge in [0.1, 0.15) is 12.2 Å². The Bertz CT molecular complexity index is 95.7. The zero-order chi connectivity index (χ0) is 7.40. The predicted octanol–water partition coefficient (Wildman–Crippen LogP) is -1.24. The highest BCUT2D eigenvalue weighted by molar-refractivity contribution is 4.62. The van der Waals surface area contributed by atoms with Crippen molar-refractivity contribution in [2.45, 2.75) is 12.2 Å². The normalized spacial score (nSPS) is 35.4. The van der Waals surface area contributed by atoms with Crippen molar-refractivity contribution in [2.24, 2.45) is 0 Å². The standard InChI is InChI=1S/C6H12O4/c7-1-6-4-9-2-5(8)3-10-6/h5-8H,1-4H2/t5-,6-/m1/s1. The summed E-state index contributed by atoms with van der Waals surface area (Å²) >= 11 is 0. The van der Waals surface area contributed by atoms with E-state index in [0.717, 1.165) is 0 Å². The van der Waals surface area contributed by atoms with E-state index in [9.17, 15) is 0 Å². The summed E-state index contributed by atoms with van der Waals surface area (Å²) in [5, 5.41) is 17.6. The van der Waals surface area contributed by atoms with Gasteiger partial charge in [-0.1, -0.05) is 0 Å². The van der Waals surface area contributed by atoms with Crippen LogP contribution in [0.25, 0.3) is 0 Å². The molecule has 0 unspecified atom stereocenters. The fraction of sp³-hybridized carbons (Fsp3) is 1.00. The van der Waals surface area contributed by atoms with E-state index >= 15 is 0 Å². The smallest absolute Gasteiger partial charge is 0.104 e. The summed E-state index contributed by atoms with van der Waals surface area (Å²) in [4.78, 5) is 0. The van der Waals surface area contributed by atoms with E-state index < -0.39 is 6.10 Å². The molecule has 4 nitrogen and oxygen atoms in total. The largest absolute Gasteiger partial charge is 0.394 e. The molecule has 1 aliphatic heterocycles. The Morgan fingerprint density at radius 2 is 2.10 bits per heavy atom. The predicted molar refractivity (Wildman–Crippen MR) is 33.7 cm³/mol. The molecule has 0 aliphatic carbocycles. The first kappa shape index (κ1) is 7.94. The Morgan fingerprint density at radius 3 is 2.80 bits per heavy atom. The van der Waals surface area contributed by atoms with Crippen LogP contribution in [0.15, 0.2) is 0 Å². The maximum atomic E-state index is 8.97. The summed E-state index contributed by atoms with van der Waals surface area (Å²) in [5.41, 5.74) is 0. The van der Waals surface area contributed by atoms with Crippen LogP contribution >= 0.6 is 0 Å². The van der Waals surface area contributed by atoms with Crippen LogP contribution in [0.4, 0.5) is 0 Å². The first-order valence-electron chi connectivity index (χ1n) is 3.31. The minimum atomic E-state index is -0.545. The number of hydrogen-bond acceptors (Lipinski definition) is 4. The van der Waals surface area contributed by atoms with Gasteiger partial charge in [0, 0.05) is 0 Å². The van der Waals surface area contributed by atoms with Crippen molar-refractivity contribution in [3.8, 4) is 0 Å². The van der Waals surface area contributed by atoms with Crippen LogP contribution in [0, 0.1) is 0 Å². The van der Waals surface area contributed by atoms with Crippen LogP contribution in [-0.2, 0) is 9.47 Å². The molecule has 0 aromatic carbocycles. The van der Waals surface area contributed by atoms with Crippen LogP contribution in [0.1, 0.15) is 0 Å². The molecule has 1 aliphatic rings. The van der Waals surface area contributed by atoms with Crippen LogP contribution in [0.2, 0.25) is 0 Å². The van der Waals surface area contributed by atoms with Crippen LogP contribution < -0.4 is 0 Å². The molecular weight excluding hydrogens is 136 g/mol. The molecule has 0 aromatic heterocycles. The summed E-state index contributed by atoms with van der Waals surface area (Å²) < 4.78 is 10.0. The maximum Gasteiger partial charge on any atom is 0.104 e. The first-order valence-corrected chi connectivity index (χ1v) is 3.31. The summed E-state index contributed by atoms with van der Waals surface area (Å²) in [6.07, 6.45) is -0.811. The van der Waals surface area contributed by atoms with Gasteiger partial charge in [-0.05, 0) is 0 Å². The van der Waals surface area contributed by atoms with E-state index in [1.54, 1.807) is 0 Å². The van der Waals surface area contributed by atoms with Gasteiger partial charge in [0.25, 0.3) is 0 Å². The fourth-order valence-corrected chi connectivity index (χ4v) is 0.784. The molecular formula is C6H12O4. The molecule has 1 heterocycles. The highest BCUT2D eigenvalue weighted by atomic mass is 16.6. The second kappa shape index (κ2) is 3.88. The van der Waals surface area contributed by atoms with Crippen molar-refractivity contribution in [1.29, 1.82) is 0 Å². The van der Waals surface area contributed by atoms with Crippen molar-refractivity contribution < 1.29 is 19.7 Å². The average Bonchev–Trinajstić information content (AvgIpc) is 2.14. The zero-order valence-corrected chi connectivity index (χ0v) is 5.69. The number of aliphatic hydroxyl groups is 2. The fourth-order valence-electron chi connectivity index (χ4n) is 0.784. The number of aliphatic hydroxyl groups excluding tert-OH is 2. The first-order chi connectivity index (χ1) is 4.83. The minimum Gasteiger partial charge on any atom is -0.394 e. The van der Waals surface area contributed by atoms with Gasteiger partial charge in [-0.15, -0.1) is 0 Å². The molecule has 1 saturated heterocycles. The van der Waals surface area contributed by atoms with Crippen molar-refractivity contribution >= 4 is 0 Å². The summed E-state index contributed by atoms with van der Waals surface area (Å²) in [6.45, 7) is 0.877. The van der Waals surface area contributed by atoms with E-state index in [2.05, 4.69) is 0 Å². The highest BCUT2D eigenvalue weighted by Gasteiger charge is 2.16. The van der Waals surface area contributed by atoms with Crippen molar-refractivity contribution in [1.82, 2.24) is 0 Å². The Morgan fingerprint density at radius 1 is 1.30 bits per heavy atom. The second-order valence-electron chi connectivity index (χ2n) is 2.33. The second-order valence-corrected chi connectivity index (χ2v) is 2.33. The maximum absolute atomic E-state index is 8.97. The lowest BCUT2D eigenvalue weighted by Crippen LogP contribution is -2.22. The Balaban J connectivity index is 2.26. The molecule has 1 rings (SSSR count). The molecule has 0 amide bonds. The molecule has 1 fully saturated rings. The number of ether oxygens (including phenoxy) is 2. The molecule has 10 heavy (non-hydrogen) atoms. The number of rotatable bonds is 1. The summed E-state index contributed by atoms with van der Waals surface area (Å²) in [5.74, 6) is 0. The average molecular weight is 148 g/mol. The van der Waals surface area contributed by atoms with Gasteiger partial charge in [0.15, 0.2) is 0 Å². The molecule has 0 saturated carbocycles. The van der Waals surface area contributed by atoms with Crippen LogP contribution in [0.5, 0.6) is 0 Å². The zero-order valence-electron chi connectivity index (χ0n) is 5.69. The highest BCUT2D eigenvalue weighted by Crippen LogP contribution is 2.00. The SMILES string of the molecule is OC[C@@H]1COC[C@@H](O)CO1. The lowest BCUT2D eigenvalue weighted by Gasteiger charge is -2.09. The van der Waals surface area contributed by atoms with Gasteiger partial charge in [-0.3, -0.25) is 0 Å². The lowest BCUT2D eigenvalue weighted by molar-refractivity contribution is -0.0169. The molecule has 0 radical (unpaired) electrons. The Labute approximate surface area is 59.4 Å². The van der Waals surface area contributed by atoms with Crippen molar-refractivity contribution in [2.75, 3.05) is 26.4 Å². The van der Waals surface area contributed by atoms with Gasteiger partial charge >= 0.3 is 0 Å². The monoisotopic (exact) mass is 148 g/mol. The number of hydrogen-bond donors (Lipinski definition) is 2. The quantitative estimate of drug-likeness (QED) is 0.488. The third-order valence-corrected chi connectivity index (χ3v) is 1.34. The van der Waals surface area contributed by atoms with E-state index in [-0.39, 0.29) is 19.3 Å². The van der Waals surface area contributed by atoms with E-state index in [1.807, 2.05) is 0 Å². The summed E-state index contributed by atoms with van der Waals surface area (Å²) in [7, 11) is 0. The van der Waals surface area contributed by atoms with Gasteiger partial charge in [0.05, 0.1) is 26.4 Å². The molecule has 4 heteroatoms. The van der Waals surface area contributed by atoms with Gasteiger partial charge < -0.3 is 19.7 Å². The molecule has 0 aromatic rings. The molecule has 0 bridgehead atoms. The molecule has 2 atom stereocenters. The third-order valence-electron chi connectivity index (χ3n) is 1.34. The molecule has 0 spiro atoms. The lowest BCUT2D eigenvalue weighted by atomic mass is 10.4.